The second kappa shape index (κ2) is 34.1. The van der Waals surface area contributed by atoms with E-state index in [-0.39, 0.29) is 98.9 Å². The number of fused-ring (bicyclic) bond motifs is 10. The number of aryl methyl sites for hydroxylation is 6. The third-order valence-corrected chi connectivity index (χ3v) is 22.6. The number of rotatable bonds is 4. The van der Waals surface area contributed by atoms with Crippen LogP contribution in [0.1, 0.15) is 248 Å². The van der Waals surface area contributed by atoms with Gasteiger partial charge in [-0.05, 0) is 174 Å². The van der Waals surface area contributed by atoms with Crippen LogP contribution in [0.5, 0.6) is 0 Å². The summed E-state index contributed by atoms with van der Waals surface area (Å²) in [6, 6.07) is 65.6. The summed E-state index contributed by atoms with van der Waals surface area (Å²) < 4.78 is 0. The molecular weight excluding hydrogens is 1470 g/mol. The molecule has 2 fully saturated rings. The largest absolute Gasteiger partial charge is 4.00 e. The Morgan fingerprint density at radius 2 is 0.824 bits per heavy atom. The maximum absolute atomic E-state index is 5.91. The fourth-order valence-electron chi connectivity index (χ4n) is 17.0. The van der Waals surface area contributed by atoms with E-state index in [0.29, 0.717) is 11.8 Å². The van der Waals surface area contributed by atoms with Gasteiger partial charge >= 0.3 is 47.6 Å². The molecule has 5 aliphatic rings. The van der Waals surface area contributed by atoms with Gasteiger partial charge in [-0.25, -0.2) is 0 Å². The van der Waals surface area contributed by atoms with Crippen molar-refractivity contribution in [3.63, 3.8) is 0 Å². The zero-order valence-electron chi connectivity index (χ0n) is 66.2. The summed E-state index contributed by atoms with van der Waals surface area (Å²) in [6.45, 7) is 41.1. The van der Waals surface area contributed by atoms with Crippen molar-refractivity contribution in [1.82, 2.24) is 0 Å². The first-order chi connectivity index (χ1) is 45.4. The minimum atomic E-state index is 0. The molecule has 4 heteroatoms. The Bertz CT molecular complexity index is 4090. The first kappa shape index (κ1) is 85.7. The Hall–Kier alpha value is -5.25. The fourth-order valence-corrected chi connectivity index (χ4v) is 17.4. The minimum Gasteiger partial charge on any atom is -0.358 e. The fraction of sp³-hybridized carbons (Fsp3) is 0.378. The van der Waals surface area contributed by atoms with E-state index in [1.807, 2.05) is 30.3 Å². The van der Waals surface area contributed by atoms with Crippen LogP contribution in [0, 0.1) is 101 Å². The molecule has 530 valence electrons. The quantitative estimate of drug-likeness (QED) is 0.122. The third-order valence-electron chi connectivity index (χ3n) is 22.0. The Morgan fingerprint density at radius 3 is 1.25 bits per heavy atom. The Morgan fingerprint density at radius 1 is 0.412 bits per heavy atom. The molecule has 5 aliphatic carbocycles. The van der Waals surface area contributed by atoms with Crippen LogP contribution in [0.3, 0.4) is 0 Å². The van der Waals surface area contributed by atoms with Crippen molar-refractivity contribution >= 4 is 34.0 Å². The maximum Gasteiger partial charge on any atom is 4.00 e. The van der Waals surface area contributed by atoms with E-state index in [2.05, 4.69) is 258 Å². The number of halogens is 2. The molecule has 0 spiro atoms. The smallest absolute Gasteiger partial charge is 0.358 e. The van der Waals surface area contributed by atoms with E-state index in [4.69, 9.17) is 23.2 Å². The summed E-state index contributed by atoms with van der Waals surface area (Å²) in [6.07, 6.45) is 14.9. The van der Waals surface area contributed by atoms with Crippen LogP contribution in [-0.4, -0.2) is 0 Å². The average Bonchev–Trinajstić information content (AvgIpc) is 1.60. The predicted octanol–water partition coefficient (Wildman–Crippen LogP) is 29.5. The van der Waals surface area contributed by atoms with Crippen molar-refractivity contribution in [3.05, 3.63) is 293 Å². The molecule has 2 atom stereocenters. The van der Waals surface area contributed by atoms with E-state index >= 15 is 0 Å². The normalized spacial score (nSPS) is 15.6. The number of hydrogen-bond donors (Lipinski definition) is 0. The van der Waals surface area contributed by atoms with E-state index in [1.165, 1.54) is 198 Å². The first-order valence-electron chi connectivity index (χ1n) is 36.2. The molecular formula is C98H116Cl2HfTi. The van der Waals surface area contributed by atoms with Crippen molar-refractivity contribution in [3.8, 4) is 55.6 Å². The van der Waals surface area contributed by atoms with Gasteiger partial charge < -0.3 is 29.7 Å². The molecule has 10 aromatic rings. The summed E-state index contributed by atoms with van der Waals surface area (Å²) in [5.74, 6) is 2.64. The van der Waals surface area contributed by atoms with Crippen LogP contribution in [0.2, 0.25) is 10.0 Å². The summed E-state index contributed by atoms with van der Waals surface area (Å²) in [5.41, 5.74) is 37.0. The molecule has 0 amide bonds. The third kappa shape index (κ3) is 17.9. The second-order valence-electron chi connectivity index (χ2n) is 33.5. The van der Waals surface area contributed by atoms with Crippen LogP contribution in [0.4, 0.5) is 0 Å². The molecule has 15 rings (SSSR count). The molecule has 0 radical (unpaired) electrons. The molecule has 2 unspecified atom stereocenters. The molecule has 0 aliphatic heterocycles. The number of hydrogen-bond acceptors (Lipinski definition) is 0. The summed E-state index contributed by atoms with van der Waals surface area (Å²) >= 11 is 11.8. The van der Waals surface area contributed by atoms with Crippen molar-refractivity contribution < 1.29 is 47.6 Å². The Balaban J connectivity index is 0.000000218. The van der Waals surface area contributed by atoms with Crippen LogP contribution in [0.25, 0.3) is 66.4 Å². The van der Waals surface area contributed by atoms with Crippen molar-refractivity contribution in [2.75, 3.05) is 0 Å². The SMILES string of the molecule is CC(C)(C)c1[c-]c2c(cc1)-c1ccc(C(C)(C)C)cc1C2C1CCCCC1.CC(C)(C)c1[c-]c2c(cc1)-c1ccc(C(C)(C)C)cc1C2C1CCCCC1.Cc1cc(C)c(-c2c[c-]c3c(c2)-c2cc(-c4c(C)cc(C)cc4C)ccc2C3)c(C)c1.Clc1ccc(Cl)c2[cH-]ccc12.[CH3-].[CH3-].[CH3-].[CH3-].[Hf+4].[Ti+4]. The Labute approximate surface area is 664 Å². The van der Waals surface area contributed by atoms with Gasteiger partial charge in [-0.2, -0.15) is 83.4 Å². The van der Waals surface area contributed by atoms with Crippen LogP contribution >= 0.6 is 23.2 Å². The van der Waals surface area contributed by atoms with Gasteiger partial charge in [-0.1, -0.05) is 274 Å². The summed E-state index contributed by atoms with van der Waals surface area (Å²) in [7, 11) is 0. The van der Waals surface area contributed by atoms with Gasteiger partial charge in [0, 0.05) is 0 Å². The van der Waals surface area contributed by atoms with Gasteiger partial charge in [0.1, 0.15) is 0 Å². The van der Waals surface area contributed by atoms with Gasteiger partial charge in [-0.3, -0.25) is 0 Å². The van der Waals surface area contributed by atoms with Crippen LogP contribution in [-0.2, 0) is 75.6 Å². The maximum atomic E-state index is 5.91. The molecule has 102 heavy (non-hydrogen) atoms. The molecule has 0 nitrogen and oxygen atoms in total. The average molecular weight is 1590 g/mol. The van der Waals surface area contributed by atoms with Gasteiger partial charge in [0.2, 0.25) is 0 Å². The van der Waals surface area contributed by atoms with Crippen molar-refractivity contribution in [2.45, 2.75) is 229 Å². The molecule has 0 aromatic heterocycles. The van der Waals surface area contributed by atoms with E-state index in [0.717, 1.165) is 39.1 Å². The van der Waals surface area contributed by atoms with Gasteiger partial charge in [0.25, 0.3) is 0 Å². The van der Waals surface area contributed by atoms with E-state index < -0.39 is 0 Å². The van der Waals surface area contributed by atoms with Crippen LogP contribution in [0.15, 0.2) is 146 Å². The summed E-state index contributed by atoms with van der Waals surface area (Å²) in [5, 5.41) is 3.57. The first-order valence-corrected chi connectivity index (χ1v) is 36.9. The second-order valence-corrected chi connectivity index (χ2v) is 34.3. The zero-order chi connectivity index (χ0) is 68.5. The van der Waals surface area contributed by atoms with Crippen molar-refractivity contribution in [1.29, 1.82) is 0 Å². The predicted molar refractivity (Wildman–Crippen MR) is 441 cm³/mol. The minimum absolute atomic E-state index is 0. The number of benzene rings is 9. The van der Waals surface area contributed by atoms with Crippen LogP contribution < -0.4 is 0 Å². The Kier molecular flexibility index (Phi) is 28.7. The van der Waals surface area contributed by atoms with Crippen molar-refractivity contribution in [2.24, 2.45) is 11.8 Å². The van der Waals surface area contributed by atoms with Gasteiger partial charge in [-0.15, -0.1) is 61.8 Å². The van der Waals surface area contributed by atoms with E-state index in [9.17, 15) is 0 Å². The van der Waals surface area contributed by atoms with E-state index in [1.54, 1.807) is 11.1 Å². The molecule has 0 N–H and O–H groups in total. The molecule has 0 saturated heterocycles. The molecule has 2 saturated carbocycles. The topological polar surface area (TPSA) is 0 Å². The standard InChI is InChI=1S/C31H29.2C27H35.C9H5Cl2.4CH3.Hf.Ti/c1-18-11-20(3)30(21(4)12-18)26-9-7-24-15-25-8-10-27(17-29(25)28(24)16-26)31-22(5)13-19(2)14-23(31)6;2*1-26(2,3)19-12-14-21-22-15-13-20(27(4,5)6)17-24(22)25(23(21)16-19)18-10-8-7-9-11-18;10-8-4-5-9(11)7-3-1-2-6(7)8;;;;;;/h7,9-14,16-17H,15H2,1-6H3;2*12-16,18,25H,7-11H2,1-6H3;1-5H;4*1H3;;/q8*-1;2*+4. The monoisotopic (exact) mass is 1590 g/mol. The van der Waals surface area contributed by atoms with Gasteiger partial charge in [0.05, 0.1) is 0 Å². The molecule has 0 bridgehead atoms. The molecule has 0 heterocycles. The molecule has 10 aromatic carbocycles. The van der Waals surface area contributed by atoms with Gasteiger partial charge in [0.15, 0.2) is 0 Å². The zero-order valence-corrected chi connectivity index (χ0v) is 72.9. The summed E-state index contributed by atoms with van der Waals surface area (Å²) in [4.78, 5) is 0.